The molecular formula is C9H18N2O2. The van der Waals surface area contributed by atoms with Crippen molar-refractivity contribution in [3.63, 3.8) is 0 Å². The highest BCUT2D eigenvalue weighted by Gasteiger charge is 2.24. The molecule has 1 aliphatic heterocycles. The van der Waals surface area contributed by atoms with Gasteiger partial charge in [0, 0.05) is 25.6 Å². The van der Waals surface area contributed by atoms with E-state index >= 15 is 0 Å². The summed E-state index contributed by atoms with van der Waals surface area (Å²) in [5.74, 6) is 0.0861. The number of morpholine rings is 1. The minimum Gasteiger partial charge on any atom is -0.375 e. The van der Waals surface area contributed by atoms with E-state index in [1.54, 1.807) is 0 Å². The molecule has 0 aliphatic carbocycles. The van der Waals surface area contributed by atoms with E-state index in [0.29, 0.717) is 26.2 Å². The first-order valence-corrected chi connectivity index (χ1v) is 4.75. The van der Waals surface area contributed by atoms with Crippen LogP contribution in [0, 0.1) is 5.92 Å². The van der Waals surface area contributed by atoms with E-state index < -0.39 is 0 Å². The van der Waals surface area contributed by atoms with Crippen molar-refractivity contribution in [3.05, 3.63) is 0 Å². The Morgan fingerprint density at radius 3 is 3.00 bits per heavy atom. The van der Waals surface area contributed by atoms with Crippen molar-refractivity contribution >= 4 is 5.91 Å². The van der Waals surface area contributed by atoms with Crippen LogP contribution in [-0.4, -0.2) is 43.2 Å². The normalized spacial score (nSPS) is 25.8. The maximum absolute atomic E-state index is 11.7. The van der Waals surface area contributed by atoms with Gasteiger partial charge in [-0.05, 0) is 6.92 Å². The second-order valence-electron chi connectivity index (χ2n) is 3.60. The summed E-state index contributed by atoms with van der Waals surface area (Å²) in [5.41, 5.74) is 5.44. The number of hydrogen-bond donors (Lipinski definition) is 1. The van der Waals surface area contributed by atoms with Gasteiger partial charge in [-0.15, -0.1) is 0 Å². The average Bonchev–Trinajstić information content (AvgIpc) is 2.15. The Labute approximate surface area is 79.0 Å². The van der Waals surface area contributed by atoms with Crippen LogP contribution in [0.3, 0.4) is 0 Å². The third-order valence-corrected chi connectivity index (χ3v) is 2.33. The molecule has 1 amide bonds. The molecule has 1 rings (SSSR count). The number of amides is 1. The molecule has 1 heterocycles. The zero-order valence-electron chi connectivity index (χ0n) is 8.32. The predicted octanol–water partition coefficient (Wildman–Crippen LogP) is -0.171. The lowest BCUT2D eigenvalue weighted by Gasteiger charge is -2.32. The van der Waals surface area contributed by atoms with E-state index in [1.807, 2.05) is 18.7 Å². The lowest BCUT2D eigenvalue weighted by Crippen LogP contribution is -2.47. The van der Waals surface area contributed by atoms with E-state index in [2.05, 4.69) is 0 Å². The molecule has 1 saturated heterocycles. The predicted molar refractivity (Wildman–Crippen MR) is 50.2 cm³/mol. The van der Waals surface area contributed by atoms with E-state index in [9.17, 15) is 4.79 Å². The Bertz CT molecular complexity index is 184. The number of hydrogen-bond acceptors (Lipinski definition) is 3. The molecule has 1 aliphatic rings. The van der Waals surface area contributed by atoms with E-state index in [4.69, 9.17) is 10.5 Å². The van der Waals surface area contributed by atoms with Crippen LogP contribution in [0.15, 0.2) is 0 Å². The zero-order chi connectivity index (χ0) is 9.84. The van der Waals surface area contributed by atoms with Crippen molar-refractivity contribution in [2.24, 2.45) is 11.7 Å². The van der Waals surface area contributed by atoms with Crippen LogP contribution in [0.25, 0.3) is 0 Å². The van der Waals surface area contributed by atoms with Gasteiger partial charge in [0.15, 0.2) is 0 Å². The lowest BCUT2D eigenvalue weighted by molar-refractivity contribution is -0.141. The van der Waals surface area contributed by atoms with Crippen LogP contribution in [-0.2, 0) is 9.53 Å². The number of carbonyl (C=O) groups is 1. The highest BCUT2D eigenvalue weighted by molar-refractivity contribution is 5.78. The molecule has 2 atom stereocenters. The number of nitrogens with two attached hydrogens (primary N) is 1. The SMILES string of the molecule is CC1CN(C(=O)C(C)CN)CCO1. The Balaban J connectivity index is 2.46. The van der Waals surface area contributed by atoms with Gasteiger partial charge in [0.1, 0.15) is 0 Å². The van der Waals surface area contributed by atoms with Crippen molar-refractivity contribution in [2.45, 2.75) is 20.0 Å². The fourth-order valence-corrected chi connectivity index (χ4v) is 1.43. The molecule has 4 heteroatoms. The summed E-state index contributed by atoms with van der Waals surface area (Å²) in [6.07, 6.45) is 0.155. The van der Waals surface area contributed by atoms with E-state index in [0.717, 1.165) is 0 Å². The minimum absolute atomic E-state index is 0.0645. The molecule has 4 nitrogen and oxygen atoms in total. The first kappa shape index (κ1) is 10.5. The van der Waals surface area contributed by atoms with Crippen LogP contribution in [0.1, 0.15) is 13.8 Å². The molecule has 1 fully saturated rings. The van der Waals surface area contributed by atoms with Crippen molar-refractivity contribution in [1.82, 2.24) is 4.90 Å². The minimum atomic E-state index is -0.0645. The Morgan fingerprint density at radius 1 is 1.77 bits per heavy atom. The van der Waals surface area contributed by atoms with Crippen molar-refractivity contribution in [3.8, 4) is 0 Å². The monoisotopic (exact) mass is 186 g/mol. The van der Waals surface area contributed by atoms with Crippen molar-refractivity contribution < 1.29 is 9.53 Å². The zero-order valence-corrected chi connectivity index (χ0v) is 8.32. The maximum atomic E-state index is 11.7. The number of carbonyl (C=O) groups excluding carboxylic acids is 1. The number of ether oxygens (including phenoxy) is 1. The molecule has 2 N–H and O–H groups in total. The highest BCUT2D eigenvalue weighted by atomic mass is 16.5. The Morgan fingerprint density at radius 2 is 2.46 bits per heavy atom. The van der Waals surface area contributed by atoms with Gasteiger partial charge in [0.05, 0.1) is 12.7 Å². The van der Waals surface area contributed by atoms with Gasteiger partial charge in [-0.1, -0.05) is 6.92 Å². The quantitative estimate of drug-likeness (QED) is 0.651. The molecule has 0 bridgehead atoms. The molecule has 0 aromatic rings. The number of rotatable bonds is 2. The highest BCUT2D eigenvalue weighted by Crippen LogP contribution is 2.08. The topological polar surface area (TPSA) is 55.6 Å². The second-order valence-corrected chi connectivity index (χ2v) is 3.60. The summed E-state index contributed by atoms with van der Waals surface area (Å²) in [6, 6.07) is 0. The molecule has 0 radical (unpaired) electrons. The summed E-state index contributed by atoms with van der Waals surface area (Å²) < 4.78 is 5.35. The molecule has 0 saturated carbocycles. The summed E-state index contributed by atoms with van der Waals surface area (Å²) in [5, 5.41) is 0. The first-order chi connectivity index (χ1) is 6.15. The van der Waals surface area contributed by atoms with Gasteiger partial charge in [-0.3, -0.25) is 4.79 Å². The smallest absolute Gasteiger partial charge is 0.226 e. The van der Waals surface area contributed by atoms with Gasteiger partial charge in [-0.2, -0.15) is 0 Å². The largest absolute Gasteiger partial charge is 0.375 e. The van der Waals surface area contributed by atoms with Gasteiger partial charge in [0.25, 0.3) is 0 Å². The molecule has 0 aromatic carbocycles. The third-order valence-electron chi connectivity index (χ3n) is 2.33. The summed E-state index contributed by atoms with van der Waals surface area (Å²) in [6.45, 7) is 6.31. The average molecular weight is 186 g/mol. The van der Waals surface area contributed by atoms with E-state index in [-0.39, 0.29) is 17.9 Å². The van der Waals surface area contributed by atoms with E-state index in [1.165, 1.54) is 0 Å². The third kappa shape index (κ3) is 2.67. The molecule has 76 valence electrons. The van der Waals surface area contributed by atoms with Gasteiger partial charge in [0.2, 0.25) is 5.91 Å². The Kier molecular flexibility index (Phi) is 3.69. The van der Waals surface area contributed by atoms with Crippen LogP contribution in [0.2, 0.25) is 0 Å². The Hall–Kier alpha value is -0.610. The summed E-state index contributed by atoms with van der Waals surface area (Å²) in [7, 11) is 0. The molecule has 0 spiro atoms. The van der Waals surface area contributed by atoms with Crippen LogP contribution in [0.4, 0.5) is 0 Å². The molecular weight excluding hydrogens is 168 g/mol. The second kappa shape index (κ2) is 4.58. The molecule has 2 unspecified atom stereocenters. The van der Waals surface area contributed by atoms with Gasteiger partial charge in [-0.25, -0.2) is 0 Å². The van der Waals surface area contributed by atoms with Crippen molar-refractivity contribution in [1.29, 1.82) is 0 Å². The summed E-state index contributed by atoms with van der Waals surface area (Å²) >= 11 is 0. The van der Waals surface area contributed by atoms with Crippen LogP contribution >= 0.6 is 0 Å². The van der Waals surface area contributed by atoms with Crippen LogP contribution < -0.4 is 5.73 Å². The molecule has 0 aromatic heterocycles. The fourth-order valence-electron chi connectivity index (χ4n) is 1.43. The molecule has 13 heavy (non-hydrogen) atoms. The maximum Gasteiger partial charge on any atom is 0.226 e. The van der Waals surface area contributed by atoms with Gasteiger partial charge >= 0.3 is 0 Å². The lowest BCUT2D eigenvalue weighted by atomic mass is 10.1. The fraction of sp³-hybridized carbons (Fsp3) is 0.889. The standard InChI is InChI=1S/C9H18N2O2/c1-7(5-10)9(12)11-3-4-13-8(2)6-11/h7-8H,3-6,10H2,1-2H3. The number of nitrogens with zero attached hydrogens (tertiary/aromatic N) is 1. The first-order valence-electron chi connectivity index (χ1n) is 4.75. The van der Waals surface area contributed by atoms with Crippen LogP contribution in [0.5, 0.6) is 0 Å². The summed E-state index contributed by atoms with van der Waals surface area (Å²) in [4.78, 5) is 13.5. The van der Waals surface area contributed by atoms with Crippen molar-refractivity contribution in [2.75, 3.05) is 26.2 Å². The van der Waals surface area contributed by atoms with Gasteiger partial charge < -0.3 is 15.4 Å².